The lowest BCUT2D eigenvalue weighted by Gasteiger charge is -2.22. The SMILES string of the molecule is CC(=O)c1cccc(NC(=O)CN(Cc2ccccc2)S(=O)(=O)c2cc(Cl)ccc2Cl)c1. The maximum atomic E-state index is 13.4. The van der Waals surface area contributed by atoms with Crippen molar-refractivity contribution in [3.05, 3.63) is 94.0 Å². The Labute approximate surface area is 196 Å². The highest BCUT2D eigenvalue weighted by atomic mass is 35.5. The number of carbonyl (C=O) groups excluding carboxylic acids is 2. The maximum Gasteiger partial charge on any atom is 0.245 e. The number of nitrogens with one attached hydrogen (secondary N) is 1. The molecule has 0 unspecified atom stereocenters. The first kappa shape index (κ1) is 23.9. The number of rotatable bonds is 8. The number of carbonyl (C=O) groups is 2. The van der Waals surface area contributed by atoms with Crippen molar-refractivity contribution in [3.63, 3.8) is 0 Å². The van der Waals surface area contributed by atoms with Crippen molar-refractivity contribution in [2.45, 2.75) is 18.4 Å². The zero-order valence-electron chi connectivity index (χ0n) is 17.1. The molecule has 0 spiro atoms. The van der Waals surface area contributed by atoms with Gasteiger partial charge in [0.15, 0.2) is 5.78 Å². The highest BCUT2D eigenvalue weighted by molar-refractivity contribution is 7.89. The molecule has 32 heavy (non-hydrogen) atoms. The molecule has 0 aromatic heterocycles. The normalized spacial score (nSPS) is 11.4. The van der Waals surface area contributed by atoms with Crippen molar-refractivity contribution < 1.29 is 18.0 Å². The molecule has 3 aromatic carbocycles. The monoisotopic (exact) mass is 490 g/mol. The second-order valence-electron chi connectivity index (χ2n) is 7.02. The van der Waals surface area contributed by atoms with Crippen LogP contribution in [0.15, 0.2) is 77.7 Å². The minimum absolute atomic E-state index is 0.00188. The minimum atomic E-state index is -4.16. The van der Waals surface area contributed by atoms with E-state index in [2.05, 4.69) is 5.32 Å². The number of amides is 1. The average Bonchev–Trinajstić information content (AvgIpc) is 2.75. The van der Waals surface area contributed by atoms with Gasteiger partial charge in [-0.3, -0.25) is 9.59 Å². The largest absolute Gasteiger partial charge is 0.325 e. The maximum absolute atomic E-state index is 13.4. The number of nitrogens with zero attached hydrogens (tertiary/aromatic N) is 1. The molecule has 3 rings (SSSR count). The summed E-state index contributed by atoms with van der Waals surface area (Å²) in [5, 5.41) is 2.86. The predicted molar refractivity (Wildman–Crippen MR) is 126 cm³/mol. The van der Waals surface area contributed by atoms with E-state index in [1.54, 1.807) is 42.5 Å². The van der Waals surface area contributed by atoms with Crippen molar-refractivity contribution in [1.29, 1.82) is 0 Å². The summed E-state index contributed by atoms with van der Waals surface area (Å²) in [6.45, 7) is 0.904. The van der Waals surface area contributed by atoms with Gasteiger partial charge in [-0.1, -0.05) is 65.7 Å². The fraction of sp³-hybridized carbons (Fsp3) is 0.130. The molecule has 166 valence electrons. The Kier molecular flexibility index (Phi) is 7.69. The standard InChI is InChI=1S/C23H20Cl2N2O4S/c1-16(28)18-8-5-9-20(12-18)26-23(29)15-27(14-17-6-3-2-4-7-17)32(30,31)22-13-19(24)10-11-21(22)25/h2-13H,14-15H2,1H3,(H,26,29). The third-order valence-electron chi connectivity index (χ3n) is 4.59. The Morgan fingerprint density at radius 2 is 1.66 bits per heavy atom. The van der Waals surface area contributed by atoms with Crippen LogP contribution in [0.3, 0.4) is 0 Å². The van der Waals surface area contributed by atoms with E-state index in [1.807, 2.05) is 6.07 Å². The smallest absolute Gasteiger partial charge is 0.245 e. The third-order valence-corrected chi connectivity index (χ3v) is 7.09. The van der Waals surface area contributed by atoms with Crippen LogP contribution in [0, 0.1) is 0 Å². The van der Waals surface area contributed by atoms with Crippen molar-refractivity contribution in [2.24, 2.45) is 0 Å². The lowest BCUT2D eigenvalue weighted by atomic mass is 10.1. The van der Waals surface area contributed by atoms with Crippen LogP contribution in [0.2, 0.25) is 10.0 Å². The lowest BCUT2D eigenvalue weighted by Crippen LogP contribution is -2.37. The number of sulfonamides is 1. The molecule has 9 heteroatoms. The molecule has 0 atom stereocenters. The van der Waals surface area contributed by atoms with E-state index in [0.717, 1.165) is 4.31 Å². The molecular formula is C23H20Cl2N2O4S. The summed E-state index contributed by atoms with van der Waals surface area (Å²) < 4.78 is 27.8. The molecule has 6 nitrogen and oxygen atoms in total. The van der Waals surface area contributed by atoms with Crippen LogP contribution in [-0.2, 0) is 21.4 Å². The van der Waals surface area contributed by atoms with E-state index in [1.165, 1.54) is 31.2 Å². The molecule has 0 bridgehead atoms. The first-order valence-electron chi connectivity index (χ1n) is 9.57. The number of ketones is 1. The molecule has 0 aliphatic rings. The minimum Gasteiger partial charge on any atom is -0.325 e. The van der Waals surface area contributed by atoms with Gasteiger partial charge in [0.1, 0.15) is 4.90 Å². The van der Waals surface area contributed by atoms with Crippen LogP contribution in [0.4, 0.5) is 5.69 Å². The van der Waals surface area contributed by atoms with Gasteiger partial charge in [0.2, 0.25) is 15.9 Å². The van der Waals surface area contributed by atoms with Crippen molar-refractivity contribution >= 4 is 50.6 Å². The number of halogens is 2. The number of hydrogen-bond acceptors (Lipinski definition) is 4. The molecule has 0 fully saturated rings. The number of benzene rings is 3. The number of anilines is 1. The number of hydrogen-bond donors (Lipinski definition) is 1. The van der Waals surface area contributed by atoms with Gasteiger partial charge in [-0.2, -0.15) is 4.31 Å². The molecule has 0 saturated carbocycles. The van der Waals surface area contributed by atoms with E-state index < -0.39 is 22.5 Å². The van der Waals surface area contributed by atoms with E-state index in [4.69, 9.17) is 23.2 Å². The number of Topliss-reactive ketones (excluding diaryl/α,β-unsaturated/α-hetero) is 1. The van der Waals surface area contributed by atoms with Gasteiger partial charge < -0.3 is 5.32 Å². The van der Waals surface area contributed by atoms with Gasteiger partial charge in [-0.25, -0.2) is 8.42 Å². The van der Waals surface area contributed by atoms with Crippen molar-refractivity contribution in [3.8, 4) is 0 Å². The zero-order valence-corrected chi connectivity index (χ0v) is 19.4. The lowest BCUT2D eigenvalue weighted by molar-refractivity contribution is -0.116. The van der Waals surface area contributed by atoms with Crippen LogP contribution < -0.4 is 5.32 Å². The average molecular weight is 491 g/mol. The zero-order chi connectivity index (χ0) is 23.3. The first-order valence-corrected chi connectivity index (χ1v) is 11.8. The topological polar surface area (TPSA) is 83.6 Å². The fourth-order valence-corrected chi connectivity index (χ4v) is 5.13. The summed E-state index contributed by atoms with van der Waals surface area (Å²) in [6.07, 6.45) is 0. The highest BCUT2D eigenvalue weighted by Crippen LogP contribution is 2.28. The Balaban J connectivity index is 1.91. The van der Waals surface area contributed by atoms with Gasteiger partial charge in [0.25, 0.3) is 0 Å². The van der Waals surface area contributed by atoms with Crippen molar-refractivity contribution in [2.75, 3.05) is 11.9 Å². The summed E-state index contributed by atoms with van der Waals surface area (Å²) in [6, 6.07) is 19.4. The summed E-state index contributed by atoms with van der Waals surface area (Å²) in [4.78, 5) is 24.2. The second kappa shape index (κ2) is 10.3. The van der Waals surface area contributed by atoms with Gasteiger partial charge in [0.05, 0.1) is 11.6 Å². The van der Waals surface area contributed by atoms with Gasteiger partial charge >= 0.3 is 0 Å². The quantitative estimate of drug-likeness (QED) is 0.449. The van der Waals surface area contributed by atoms with Crippen molar-refractivity contribution in [1.82, 2.24) is 4.31 Å². The summed E-state index contributed by atoms with van der Waals surface area (Å²) in [5.74, 6) is -0.715. The van der Waals surface area contributed by atoms with Crippen LogP contribution >= 0.6 is 23.2 Å². The van der Waals surface area contributed by atoms with E-state index in [0.29, 0.717) is 16.8 Å². The third kappa shape index (κ3) is 5.95. The van der Waals surface area contributed by atoms with E-state index >= 15 is 0 Å². The Morgan fingerprint density at radius 3 is 2.34 bits per heavy atom. The van der Waals surface area contributed by atoms with E-state index in [-0.39, 0.29) is 27.3 Å². The molecule has 0 radical (unpaired) electrons. The Bertz CT molecular complexity index is 1250. The summed E-state index contributed by atoms with van der Waals surface area (Å²) >= 11 is 12.1. The van der Waals surface area contributed by atoms with Gasteiger partial charge in [-0.15, -0.1) is 0 Å². The predicted octanol–water partition coefficient (Wildman–Crippen LogP) is 5.03. The fourth-order valence-electron chi connectivity index (χ4n) is 3.00. The molecule has 0 aliphatic heterocycles. The molecule has 1 N–H and O–H groups in total. The molecule has 3 aromatic rings. The van der Waals surface area contributed by atoms with Gasteiger partial charge in [-0.05, 0) is 42.8 Å². The molecule has 0 heterocycles. The van der Waals surface area contributed by atoms with Crippen LogP contribution in [0.1, 0.15) is 22.8 Å². The Morgan fingerprint density at radius 1 is 0.938 bits per heavy atom. The molecule has 0 saturated heterocycles. The first-order chi connectivity index (χ1) is 15.2. The van der Waals surface area contributed by atoms with Gasteiger partial charge in [0, 0.05) is 22.8 Å². The summed E-state index contributed by atoms with van der Waals surface area (Å²) in [7, 11) is -4.16. The highest BCUT2D eigenvalue weighted by Gasteiger charge is 2.29. The Hall–Kier alpha value is -2.71. The molecular weight excluding hydrogens is 471 g/mol. The van der Waals surface area contributed by atoms with Crippen LogP contribution in [-0.4, -0.2) is 31.0 Å². The van der Waals surface area contributed by atoms with Crippen LogP contribution in [0.25, 0.3) is 0 Å². The molecule has 0 aliphatic carbocycles. The second-order valence-corrected chi connectivity index (χ2v) is 9.77. The van der Waals surface area contributed by atoms with Crippen LogP contribution in [0.5, 0.6) is 0 Å². The van der Waals surface area contributed by atoms with E-state index in [9.17, 15) is 18.0 Å². The molecule has 1 amide bonds. The summed E-state index contributed by atoms with van der Waals surface area (Å²) in [5.41, 5.74) is 1.52.